The van der Waals surface area contributed by atoms with Gasteiger partial charge in [0.1, 0.15) is 5.75 Å². The van der Waals surface area contributed by atoms with Crippen LogP contribution in [-0.2, 0) is 10.2 Å². The van der Waals surface area contributed by atoms with Crippen molar-refractivity contribution in [2.24, 2.45) is 16.6 Å². The maximum absolute atomic E-state index is 6.19. The molecule has 28 heavy (non-hydrogen) atoms. The molecule has 0 radical (unpaired) electrons. The standard InChI is InChI=1S/C22H37N3O2.HI/c1-17(2)6-5-7-18(3)25-21(23)24-16-22(12-14-27-15-13-22)19-8-10-20(26-4)11-9-19;/h8-11,17-18H,5-7,12-16H2,1-4H3,(H3,23,24,25);1H. The van der Waals surface area contributed by atoms with Gasteiger partial charge in [0.15, 0.2) is 5.96 Å². The molecule has 1 unspecified atom stereocenters. The Morgan fingerprint density at radius 2 is 1.82 bits per heavy atom. The third kappa shape index (κ3) is 7.78. The number of nitrogens with two attached hydrogens (primary N) is 1. The molecule has 1 saturated heterocycles. The summed E-state index contributed by atoms with van der Waals surface area (Å²) in [6.45, 7) is 8.92. The molecular weight excluding hydrogens is 465 g/mol. The summed E-state index contributed by atoms with van der Waals surface area (Å²) in [5.41, 5.74) is 7.46. The van der Waals surface area contributed by atoms with Gasteiger partial charge in [0.2, 0.25) is 0 Å². The molecule has 1 heterocycles. The molecule has 2 rings (SSSR count). The van der Waals surface area contributed by atoms with Crippen LogP contribution in [0.15, 0.2) is 29.3 Å². The highest BCUT2D eigenvalue weighted by Gasteiger charge is 2.34. The molecular formula is C22H38IN3O2. The van der Waals surface area contributed by atoms with Crippen LogP contribution in [-0.4, -0.2) is 38.9 Å². The summed E-state index contributed by atoms with van der Waals surface area (Å²) >= 11 is 0. The van der Waals surface area contributed by atoms with Gasteiger partial charge in [-0.15, -0.1) is 24.0 Å². The van der Waals surface area contributed by atoms with E-state index in [2.05, 4.69) is 38.2 Å². The highest BCUT2D eigenvalue weighted by Crippen LogP contribution is 2.36. The van der Waals surface area contributed by atoms with Crippen LogP contribution in [0.5, 0.6) is 5.75 Å². The lowest BCUT2D eigenvalue weighted by atomic mass is 9.74. The van der Waals surface area contributed by atoms with Gasteiger partial charge in [-0.25, -0.2) is 0 Å². The third-order valence-electron chi connectivity index (χ3n) is 5.52. The zero-order valence-corrected chi connectivity index (χ0v) is 20.2. The lowest BCUT2D eigenvalue weighted by Crippen LogP contribution is -2.41. The van der Waals surface area contributed by atoms with Crippen molar-refractivity contribution in [1.29, 1.82) is 0 Å². The second-order valence-electron chi connectivity index (χ2n) is 8.19. The summed E-state index contributed by atoms with van der Waals surface area (Å²) in [6, 6.07) is 8.69. The Morgan fingerprint density at radius 3 is 2.39 bits per heavy atom. The molecule has 0 saturated carbocycles. The zero-order chi connectivity index (χ0) is 19.7. The Labute approximate surface area is 187 Å². The molecule has 1 aromatic carbocycles. The number of hydrogen-bond donors (Lipinski definition) is 2. The van der Waals surface area contributed by atoms with Crippen LogP contribution in [0, 0.1) is 5.92 Å². The van der Waals surface area contributed by atoms with Gasteiger partial charge in [-0.1, -0.05) is 38.8 Å². The molecule has 0 amide bonds. The fraction of sp³-hybridized carbons (Fsp3) is 0.682. The van der Waals surface area contributed by atoms with E-state index >= 15 is 0 Å². The van der Waals surface area contributed by atoms with Crippen molar-refractivity contribution in [3.05, 3.63) is 29.8 Å². The molecule has 0 bridgehead atoms. The van der Waals surface area contributed by atoms with Crippen molar-refractivity contribution in [1.82, 2.24) is 5.32 Å². The van der Waals surface area contributed by atoms with E-state index in [0.717, 1.165) is 44.1 Å². The van der Waals surface area contributed by atoms with E-state index < -0.39 is 0 Å². The molecule has 160 valence electrons. The van der Waals surface area contributed by atoms with E-state index in [4.69, 9.17) is 20.2 Å². The topological polar surface area (TPSA) is 68.9 Å². The van der Waals surface area contributed by atoms with E-state index in [1.807, 2.05) is 12.1 Å². The lowest BCUT2D eigenvalue weighted by Gasteiger charge is -2.36. The fourth-order valence-corrected chi connectivity index (χ4v) is 3.68. The number of ether oxygens (including phenoxy) is 2. The van der Waals surface area contributed by atoms with Gasteiger partial charge in [-0.3, -0.25) is 4.99 Å². The molecule has 1 fully saturated rings. The summed E-state index contributed by atoms with van der Waals surface area (Å²) in [7, 11) is 1.69. The lowest BCUT2D eigenvalue weighted by molar-refractivity contribution is 0.0531. The van der Waals surface area contributed by atoms with E-state index in [-0.39, 0.29) is 29.4 Å². The van der Waals surface area contributed by atoms with Crippen LogP contribution in [0.4, 0.5) is 0 Å². The number of halogens is 1. The summed E-state index contributed by atoms with van der Waals surface area (Å²) in [6.07, 6.45) is 5.50. The Balaban J connectivity index is 0.00000392. The minimum atomic E-state index is -0.0162. The van der Waals surface area contributed by atoms with E-state index in [9.17, 15) is 0 Å². The fourth-order valence-electron chi connectivity index (χ4n) is 3.68. The summed E-state index contributed by atoms with van der Waals surface area (Å²) in [5.74, 6) is 2.17. The van der Waals surface area contributed by atoms with Crippen LogP contribution in [0.3, 0.4) is 0 Å². The van der Waals surface area contributed by atoms with Crippen LogP contribution < -0.4 is 15.8 Å². The number of nitrogens with one attached hydrogen (secondary N) is 1. The van der Waals surface area contributed by atoms with Gasteiger partial charge in [0, 0.05) is 24.7 Å². The largest absolute Gasteiger partial charge is 0.497 e. The third-order valence-corrected chi connectivity index (χ3v) is 5.52. The maximum Gasteiger partial charge on any atom is 0.188 e. The Morgan fingerprint density at radius 1 is 1.18 bits per heavy atom. The first-order chi connectivity index (χ1) is 12.9. The van der Waals surface area contributed by atoms with Gasteiger partial charge >= 0.3 is 0 Å². The van der Waals surface area contributed by atoms with Crippen LogP contribution in [0.2, 0.25) is 0 Å². The van der Waals surface area contributed by atoms with Crippen molar-refractivity contribution in [2.45, 2.75) is 64.3 Å². The highest BCUT2D eigenvalue weighted by atomic mass is 127. The van der Waals surface area contributed by atoms with Crippen molar-refractivity contribution in [2.75, 3.05) is 26.9 Å². The monoisotopic (exact) mass is 503 g/mol. The van der Waals surface area contributed by atoms with Gasteiger partial charge in [-0.2, -0.15) is 0 Å². The molecule has 6 heteroatoms. The number of hydrogen-bond acceptors (Lipinski definition) is 3. The number of benzene rings is 1. The van der Waals surface area contributed by atoms with Crippen molar-refractivity contribution in [3.63, 3.8) is 0 Å². The number of methoxy groups -OCH3 is 1. The molecule has 0 aromatic heterocycles. The molecule has 3 N–H and O–H groups in total. The van der Waals surface area contributed by atoms with Gasteiger partial charge < -0.3 is 20.5 Å². The van der Waals surface area contributed by atoms with E-state index in [0.29, 0.717) is 18.5 Å². The first-order valence-electron chi connectivity index (χ1n) is 10.2. The van der Waals surface area contributed by atoms with Gasteiger partial charge in [0.25, 0.3) is 0 Å². The number of rotatable bonds is 9. The first-order valence-corrected chi connectivity index (χ1v) is 10.2. The molecule has 5 nitrogen and oxygen atoms in total. The first kappa shape index (κ1) is 25.0. The number of nitrogens with zero attached hydrogens (tertiary/aromatic N) is 1. The second-order valence-corrected chi connectivity index (χ2v) is 8.19. The van der Waals surface area contributed by atoms with Crippen LogP contribution in [0.1, 0.15) is 58.4 Å². The van der Waals surface area contributed by atoms with Crippen molar-refractivity contribution < 1.29 is 9.47 Å². The predicted molar refractivity (Wildman–Crippen MR) is 128 cm³/mol. The van der Waals surface area contributed by atoms with Gasteiger partial charge in [0.05, 0.1) is 13.7 Å². The Bertz CT molecular complexity index is 584. The molecule has 1 aliphatic rings. The SMILES string of the molecule is COc1ccc(C2(CN=C(N)NC(C)CCCC(C)C)CCOCC2)cc1.I. The molecule has 1 aliphatic heterocycles. The maximum atomic E-state index is 6.19. The smallest absolute Gasteiger partial charge is 0.188 e. The zero-order valence-electron chi connectivity index (χ0n) is 17.9. The summed E-state index contributed by atoms with van der Waals surface area (Å²) in [4.78, 5) is 4.72. The van der Waals surface area contributed by atoms with E-state index in [1.165, 1.54) is 18.4 Å². The second kappa shape index (κ2) is 12.5. The Kier molecular flexibility index (Phi) is 11.2. The van der Waals surface area contributed by atoms with E-state index in [1.54, 1.807) is 7.11 Å². The quantitative estimate of drug-likeness (QED) is 0.296. The summed E-state index contributed by atoms with van der Waals surface area (Å²) in [5, 5.41) is 3.36. The minimum Gasteiger partial charge on any atom is -0.497 e. The molecule has 0 aliphatic carbocycles. The van der Waals surface area contributed by atoms with Gasteiger partial charge in [-0.05, 0) is 49.8 Å². The average Bonchev–Trinajstić information content (AvgIpc) is 2.67. The summed E-state index contributed by atoms with van der Waals surface area (Å²) < 4.78 is 10.9. The number of guanidine groups is 1. The van der Waals surface area contributed by atoms with Crippen LogP contribution >= 0.6 is 24.0 Å². The van der Waals surface area contributed by atoms with Crippen molar-refractivity contribution in [3.8, 4) is 5.75 Å². The van der Waals surface area contributed by atoms with Crippen LogP contribution in [0.25, 0.3) is 0 Å². The predicted octanol–water partition coefficient (Wildman–Crippen LogP) is 4.48. The molecule has 0 spiro atoms. The molecule has 1 aromatic rings. The number of aliphatic imine (C=N–C) groups is 1. The van der Waals surface area contributed by atoms with Crippen molar-refractivity contribution >= 4 is 29.9 Å². The average molecular weight is 503 g/mol. The highest BCUT2D eigenvalue weighted by molar-refractivity contribution is 14.0. The Hall–Kier alpha value is -1.02. The normalized spacial score (nSPS) is 17.7. The molecule has 1 atom stereocenters. The minimum absolute atomic E-state index is 0.